The molecule has 2 rings (SSSR count). The summed E-state index contributed by atoms with van der Waals surface area (Å²) in [4.78, 5) is 25.7. The monoisotopic (exact) mass is 338 g/mol. The first kappa shape index (κ1) is 17.5. The van der Waals surface area contributed by atoms with Gasteiger partial charge in [0.15, 0.2) is 9.84 Å². The largest absolute Gasteiger partial charge is 0.347 e. The van der Waals surface area contributed by atoms with Crippen LogP contribution in [0.5, 0.6) is 0 Å². The summed E-state index contributed by atoms with van der Waals surface area (Å²) >= 11 is 0. The normalized spacial score (nSPS) is 19.3. The van der Waals surface area contributed by atoms with Crippen molar-refractivity contribution in [3.63, 3.8) is 0 Å². The van der Waals surface area contributed by atoms with Gasteiger partial charge in [-0.15, -0.1) is 0 Å². The zero-order chi connectivity index (χ0) is 16.9. The summed E-state index contributed by atoms with van der Waals surface area (Å²) in [7, 11) is -3.04. The minimum absolute atomic E-state index is 0.0184. The van der Waals surface area contributed by atoms with Crippen molar-refractivity contribution in [2.75, 3.05) is 24.6 Å². The topological polar surface area (TPSA) is 83.6 Å². The molecule has 1 aliphatic heterocycles. The second-order valence-electron chi connectivity index (χ2n) is 5.68. The van der Waals surface area contributed by atoms with Crippen LogP contribution >= 0.6 is 0 Å². The van der Waals surface area contributed by atoms with Gasteiger partial charge in [0.25, 0.3) is 0 Å². The van der Waals surface area contributed by atoms with Crippen LogP contribution in [-0.4, -0.2) is 55.8 Å². The van der Waals surface area contributed by atoms with Crippen LogP contribution in [0.1, 0.15) is 18.9 Å². The summed E-state index contributed by atoms with van der Waals surface area (Å²) in [5.74, 6) is -0.317. The molecular weight excluding hydrogens is 316 g/mol. The Morgan fingerprint density at radius 1 is 1.26 bits per heavy atom. The maximum atomic E-state index is 12.2. The summed E-state index contributed by atoms with van der Waals surface area (Å²) in [5.41, 5.74) is 0.881. The highest BCUT2D eigenvalue weighted by Crippen LogP contribution is 2.17. The molecule has 1 unspecified atom stereocenters. The molecule has 1 saturated heterocycles. The summed E-state index contributed by atoms with van der Waals surface area (Å²) in [5, 5.41) is 2.61. The van der Waals surface area contributed by atoms with Crippen molar-refractivity contribution >= 4 is 21.7 Å². The number of benzene rings is 1. The van der Waals surface area contributed by atoms with E-state index in [9.17, 15) is 18.0 Å². The average Bonchev–Trinajstić information content (AvgIpc) is 2.87. The van der Waals surface area contributed by atoms with E-state index in [1.54, 1.807) is 4.90 Å². The van der Waals surface area contributed by atoms with Crippen molar-refractivity contribution in [1.82, 2.24) is 10.2 Å². The number of nitrogens with zero attached hydrogens (tertiary/aromatic N) is 1. The predicted molar refractivity (Wildman–Crippen MR) is 87.6 cm³/mol. The molecule has 1 aliphatic rings. The third-order valence-electron chi connectivity index (χ3n) is 3.95. The number of carbonyl (C=O) groups excluding carboxylic acids is 2. The van der Waals surface area contributed by atoms with Crippen molar-refractivity contribution in [3.05, 3.63) is 35.9 Å². The number of hydrogen-bond acceptors (Lipinski definition) is 4. The lowest BCUT2D eigenvalue weighted by molar-refractivity contribution is -0.134. The molecule has 2 amide bonds. The van der Waals surface area contributed by atoms with Crippen LogP contribution in [0, 0.1) is 0 Å². The van der Waals surface area contributed by atoms with Crippen LogP contribution < -0.4 is 5.32 Å². The molecular formula is C16H22N2O4S. The molecule has 1 aromatic carbocycles. The summed E-state index contributed by atoms with van der Waals surface area (Å²) in [6.45, 7) is 2.15. The Bertz CT molecular complexity index is 658. The van der Waals surface area contributed by atoms with Gasteiger partial charge in [0.05, 0.1) is 24.5 Å². The zero-order valence-corrected chi connectivity index (χ0v) is 14.0. The van der Waals surface area contributed by atoms with Gasteiger partial charge in [-0.2, -0.15) is 0 Å². The third-order valence-corrected chi connectivity index (χ3v) is 5.70. The Balaban J connectivity index is 1.84. The van der Waals surface area contributed by atoms with Crippen LogP contribution in [-0.2, 0) is 25.8 Å². The van der Waals surface area contributed by atoms with E-state index in [4.69, 9.17) is 0 Å². The van der Waals surface area contributed by atoms with Crippen LogP contribution in [0.4, 0.5) is 0 Å². The van der Waals surface area contributed by atoms with Crippen molar-refractivity contribution in [2.45, 2.75) is 25.8 Å². The molecule has 1 fully saturated rings. The van der Waals surface area contributed by atoms with E-state index in [0.717, 1.165) is 5.56 Å². The molecule has 1 heterocycles. The highest BCUT2D eigenvalue weighted by atomic mass is 32.2. The predicted octanol–water partition coefficient (Wildman–Crippen LogP) is 0.381. The van der Waals surface area contributed by atoms with Crippen LogP contribution in [0.15, 0.2) is 30.3 Å². The van der Waals surface area contributed by atoms with E-state index in [0.29, 0.717) is 13.0 Å². The van der Waals surface area contributed by atoms with Crippen molar-refractivity contribution in [3.8, 4) is 0 Å². The molecule has 6 nitrogen and oxygen atoms in total. The molecule has 23 heavy (non-hydrogen) atoms. The fourth-order valence-electron chi connectivity index (χ4n) is 2.78. The molecule has 0 spiro atoms. The maximum absolute atomic E-state index is 12.2. The van der Waals surface area contributed by atoms with Gasteiger partial charge in [-0.1, -0.05) is 30.3 Å². The van der Waals surface area contributed by atoms with Gasteiger partial charge >= 0.3 is 0 Å². The lowest BCUT2D eigenvalue weighted by Crippen LogP contribution is -2.46. The van der Waals surface area contributed by atoms with Crippen LogP contribution in [0.3, 0.4) is 0 Å². The number of hydrogen-bond donors (Lipinski definition) is 1. The SMILES string of the molecule is CCN(C(=O)CNC(=O)Cc1ccccc1)C1CCS(=O)(=O)C1. The third kappa shape index (κ3) is 5.06. The fraction of sp³-hybridized carbons (Fsp3) is 0.500. The first-order valence-electron chi connectivity index (χ1n) is 7.72. The van der Waals surface area contributed by atoms with E-state index in [1.165, 1.54) is 0 Å². The second-order valence-corrected chi connectivity index (χ2v) is 7.90. The molecule has 0 radical (unpaired) electrons. The van der Waals surface area contributed by atoms with E-state index < -0.39 is 9.84 Å². The van der Waals surface area contributed by atoms with Crippen LogP contribution in [0.25, 0.3) is 0 Å². The number of amides is 2. The highest BCUT2D eigenvalue weighted by Gasteiger charge is 2.33. The van der Waals surface area contributed by atoms with E-state index in [1.807, 2.05) is 37.3 Å². The quantitative estimate of drug-likeness (QED) is 0.813. The lowest BCUT2D eigenvalue weighted by Gasteiger charge is -2.27. The summed E-state index contributed by atoms with van der Waals surface area (Å²) in [6, 6.07) is 9.01. The summed E-state index contributed by atoms with van der Waals surface area (Å²) < 4.78 is 23.1. The van der Waals surface area contributed by atoms with Gasteiger partial charge in [0, 0.05) is 12.6 Å². The van der Waals surface area contributed by atoms with Crippen molar-refractivity contribution < 1.29 is 18.0 Å². The van der Waals surface area contributed by atoms with E-state index in [2.05, 4.69) is 5.32 Å². The smallest absolute Gasteiger partial charge is 0.242 e. The van der Waals surface area contributed by atoms with Gasteiger partial charge in [0.2, 0.25) is 11.8 Å². The Labute approximate surface area is 136 Å². The fourth-order valence-corrected chi connectivity index (χ4v) is 4.51. The Kier molecular flexibility index (Phi) is 5.76. The number of rotatable bonds is 6. The second kappa shape index (κ2) is 7.59. The number of carbonyl (C=O) groups is 2. The Hall–Kier alpha value is -1.89. The minimum atomic E-state index is -3.04. The number of likely N-dealkylation sites (N-methyl/N-ethyl adjacent to an activating group) is 1. The summed E-state index contributed by atoms with van der Waals surface area (Å²) in [6.07, 6.45) is 0.692. The molecule has 0 aromatic heterocycles. The average molecular weight is 338 g/mol. The molecule has 126 valence electrons. The molecule has 0 saturated carbocycles. The van der Waals surface area contributed by atoms with Gasteiger partial charge in [-0.25, -0.2) is 8.42 Å². The van der Waals surface area contributed by atoms with Gasteiger partial charge in [-0.05, 0) is 18.9 Å². The standard InChI is InChI=1S/C16H22N2O4S/c1-2-18(14-8-9-23(21,22)12-14)16(20)11-17-15(19)10-13-6-4-3-5-7-13/h3-7,14H,2,8-12H2,1H3,(H,17,19). The number of sulfone groups is 1. The molecule has 0 bridgehead atoms. The van der Waals surface area contributed by atoms with Gasteiger partial charge < -0.3 is 10.2 Å². The molecule has 0 aliphatic carbocycles. The lowest BCUT2D eigenvalue weighted by atomic mass is 10.1. The molecule has 1 aromatic rings. The van der Waals surface area contributed by atoms with Gasteiger partial charge in [0.1, 0.15) is 0 Å². The van der Waals surface area contributed by atoms with Crippen LogP contribution in [0.2, 0.25) is 0 Å². The molecule has 1 atom stereocenters. The highest BCUT2D eigenvalue weighted by molar-refractivity contribution is 7.91. The van der Waals surface area contributed by atoms with E-state index >= 15 is 0 Å². The van der Waals surface area contributed by atoms with Crippen molar-refractivity contribution in [2.24, 2.45) is 0 Å². The van der Waals surface area contributed by atoms with Gasteiger partial charge in [-0.3, -0.25) is 9.59 Å². The Morgan fingerprint density at radius 3 is 2.52 bits per heavy atom. The van der Waals surface area contributed by atoms with Crippen molar-refractivity contribution in [1.29, 1.82) is 0 Å². The first-order valence-corrected chi connectivity index (χ1v) is 9.54. The molecule has 1 N–H and O–H groups in total. The molecule has 7 heteroatoms. The maximum Gasteiger partial charge on any atom is 0.242 e. The first-order chi connectivity index (χ1) is 10.9. The zero-order valence-electron chi connectivity index (χ0n) is 13.2. The Morgan fingerprint density at radius 2 is 1.96 bits per heavy atom. The minimum Gasteiger partial charge on any atom is -0.347 e. The van der Waals surface area contributed by atoms with E-state index in [-0.39, 0.29) is 42.3 Å². The number of nitrogens with one attached hydrogen (secondary N) is 1.